The van der Waals surface area contributed by atoms with Crippen molar-refractivity contribution >= 4 is 5.97 Å². The van der Waals surface area contributed by atoms with Crippen LogP contribution in [0, 0.1) is 5.92 Å². The highest BCUT2D eigenvalue weighted by molar-refractivity contribution is 5.72. The average Bonchev–Trinajstić information content (AvgIpc) is 2.79. The van der Waals surface area contributed by atoms with E-state index in [4.69, 9.17) is 14.6 Å². The van der Waals surface area contributed by atoms with Gasteiger partial charge in [-0.1, -0.05) is 12.1 Å². The first-order valence-corrected chi connectivity index (χ1v) is 11.3. The molecule has 8 nitrogen and oxygen atoms in total. The van der Waals surface area contributed by atoms with Crippen molar-refractivity contribution in [2.45, 2.75) is 25.5 Å². The predicted octanol–water partition coefficient (Wildman–Crippen LogP) is 0.421. The van der Waals surface area contributed by atoms with Crippen molar-refractivity contribution in [3.63, 3.8) is 0 Å². The third kappa shape index (κ3) is 7.73. The van der Waals surface area contributed by atoms with E-state index in [-0.39, 0.29) is 25.1 Å². The lowest BCUT2D eigenvalue weighted by molar-refractivity contribution is -0.147. The Morgan fingerprint density at radius 2 is 1.81 bits per heavy atom. The van der Waals surface area contributed by atoms with Gasteiger partial charge in [0.15, 0.2) is 0 Å². The van der Waals surface area contributed by atoms with Gasteiger partial charge in [0.2, 0.25) is 0 Å². The number of esters is 1. The number of hydrogen-bond acceptors (Lipinski definition) is 8. The van der Waals surface area contributed by atoms with E-state index in [1.165, 1.54) is 12.7 Å². The fourth-order valence-corrected chi connectivity index (χ4v) is 4.37. The minimum absolute atomic E-state index is 0.0185. The number of aliphatic hydroxyl groups is 2. The van der Waals surface area contributed by atoms with Gasteiger partial charge in [-0.3, -0.25) is 14.6 Å². The van der Waals surface area contributed by atoms with Crippen molar-refractivity contribution in [3.05, 3.63) is 29.8 Å². The molecule has 2 N–H and O–H groups in total. The highest BCUT2D eigenvalue weighted by atomic mass is 16.5. The molecule has 31 heavy (non-hydrogen) atoms. The number of benzene rings is 1. The number of likely N-dealkylation sites (tertiary alicyclic amines) is 1. The summed E-state index contributed by atoms with van der Waals surface area (Å²) in [6.07, 6.45) is 0.977. The fraction of sp³-hybridized carbons (Fsp3) is 0.696. The Labute approximate surface area is 185 Å². The first kappa shape index (κ1) is 23.9. The van der Waals surface area contributed by atoms with Crippen LogP contribution in [0.15, 0.2) is 24.3 Å². The number of β-amino-alcohol motifs (C(OH)–C–C–N with tert-alkyl or cyclic N) is 2. The van der Waals surface area contributed by atoms with Crippen LogP contribution in [0.2, 0.25) is 0 Å². The summed E-state index contributed by atoms with van der Waals surface area (Å²) >= 11 is 0. The van der Waals surface area contributed by atoms with E-state index in [0.29, 0.717) is 6.54 Å². The quantitative estimate of drug-likeness (QED) is 0.512. The monoisotopic (exact) mass is 435 g/mol. The molecule has 0 saturated carbocycles. The zero-order valence-corrected chi connectivity index (χ0v) is 18.6. The molecule has 0 aromatic heterocycles. The number of ether oxygens (including phenoxy) is 2. The summed E-state index contributed by atoms with van der Waals surface area (Å²) in [5.41, 5.74) is 1.20. The first-order chi connectivity index (χ1) is 15.1. The minimum atomic E-state index is -0.571. The summed E-state index contributed by atoms with van der Waals surface area (Å²) in [5.74, 6) is 0.630. The van der Waals surface area contributed by atoms with E-state index in [9.17, 15) is 9.90 Å². The number of piperazine rings is 1. The van der Waals surface area contributed by atoms with Crippen molar-refractivity contribution < 1.29 is 24.5 Å². The van der Waals surface area contributed by atoms with Gasteiger partial charge in [0.1, 0.15) is 18.5 Å². The standard InChI is InChI=1S/C23H37N3O5/c1-30-23(29)20-5-7-25(8-6-20)17-21(28)18-31-22-4-2-3-19(15-22)16-26-11-9-24(10-12-26)13-14-27/h2-4,15,20-21,27-28H,5-14,16-18H2,1H3. The molecule has 1 aromatic rings. The molecule has 2 aliphatic heterocycles. The van der Waals surface area contributed by atoms with Crippen LogP contribution in [0.25, 0.3) is 0 Å². The van der Waals surface area contributed by atoms with Gasteiger partial charge >= 0.3 is 5.97 Å². The number of carbonyl (C=O) groups is 1. The van der Waals surface area contributed by atoms with Gasteiger partial charge in [-0.15, -0.1) is 0 Å². The topological polar surface area (TPSA) is 85.7 Å². The van der Waals surface area contributed by atoms with Crippen LogP contribution in [0.1, 0.15) is 18.4 Å². The summed E-state index contributed by atoms with van der Waals surface area (Å²) in [5, 5.41) is 19.5. The number of rotatable bonds is 10. The van der Waals surface area contributed by atoms with Crippen molar-refractivity contribution in [2.24, 2.45) is 5.92 Å². The van der Waals surface area contributed by atoms with Gasteiger partial charge in [-0.2, -0.15) is 0 Å². The molecule has 174 valence electrons. The lowest BCUT2D eigenvalue weighted by Gasteiger charge is -2.34. The maximum Gasteiger partial charge on any atom is 0.308 e. The van der Waals surface area contributed by atoms with Crippen LogP contribution in [0.4, 0.5) is 0 Å². The second-order valence-electron chi connectivity index (χ2n) is 8.55. The first-order valence-electron chi connectivity index (χ1n) is 11.3. The van der Waals surface area contributed by atoms with Crippen molar-refractivity contribution in [1.82, 2.24) is 14.7 Å². The number of carbonyl (C=O) groups excluding carboxylic acids is 1. The molecule has 2 aliphatic rings. The van der Waals surface area contributed by atoms with Crippen molar-refractivity contribution in [1.29, 1.82) is 0 Å². The highest BCUT2D eigenvalue weighted by Crippen LogP contribution is 2.19. The van der Waals surface area contributed by atoms with Crippen LogP contribution < -0.4 is 4.74 Å². The predicted molar refractivity (Wildman–Crippen MR) is 118 cm³/mol. The molecule has 2 fully saturated rings. The number of hydrogen-bond donors (Lipinski definition) is 2. The van der Waals surface area contributed by atoms with Crippen LogP contribution in [-0.2, 0) is 16.1 Å². The lowest BCUT2D eigenvalue weighted by Crippen LogP contribution is -2.46. The Morgan fingerprint density at radius 1 is 1.10 bits per heavy atom. The van der Waals surface area contributed by atoms with E-state index in [2.05, 4.69) is 26.8 Å². The Hall–Kier alpha value is -1.71. The van der Waals surface area contributed by atoms with Crippen LogP contribution >= 0.6 is 0 Å². The highest BCUT2D eigenvalue weighted by Gasteiger charge is 2.26. The Bertz CT molecular complexity index is 673. The summed E-state index contributed by atoms with van der Waals surface area (Å²) in [4.78, 5) is 18.5. The Morgan fingerprint density at radius 3 is 2.48 bits per heavy atom. The van der Waals surface area contributed by atoms with Gasteiger partial charge in [-0.05, 0) is 43.6 Å². The third-order valence-electron chi connectivity index (χ3n) is 6.22. The summed E-state index contributed by atoms with van der Waals surface area (Å²) in [6.45, 7) is 8.19. The van der Waals surface area contributed by atoms with E-state index in [0.717, 1.165) is 70.9 Å². The number of nitrogens with zero attached hydrogens (tertiary/aromatic N) is 3. The molecule has 1 atom stereocenters. The lowest BCUT2D eigenvalue weighted by atomic mass is 9.97. The SMILES string of the molecule is COC(=O)C1CCN(CC(O)COc2cccc(CN3CCN(CCO)CC3)c2)CC1. The average molecular weight is 436 g/mol. The van der Waals surface area contributed by atoms with Crippen molar-refractivity contribution in [3.8, 4) is 5.75 Å². The maximum absolute atomic E-state index is 11.6. The molecule has 8 heteroatoms. The molecule has 0 radical (unpaired) electrons. The van der Waals surface area contributed by atoms with E-state index in [1.807, 2.05) is 12.1 Å². The molecular weight excluding hydrogens is 398 g/mol. The second kappa shape index (κ2) is 12.4. The molecule has 3 rings (SSSR count). The largest absolute Gasteiger partial charge is 0.491 e. The molecule has 2 heterocycles. The molecule has 1 aromatic carbocycles. The zero-order chi connectivity index (χ0) is 22.1. The molecule has 2 saturated heterocycles. The van der Waals surface area contributed by atoms with E-state index < -0.39 is 6.10 Å². The summed E-state index contributed by atoms with van der Waals surface area (Å²) in [6, 6.07) is 8.08. The zero-order valence-electron chi connectivity index (χ0n) is 18.6. The molecule has 0 bridgehead atoms. The normalized spacial score (nSPS) is 20.5. The van der Waals surface area contributed by atoms with Gasteiger partial charge in [0.25, 0.3) is 0 Å². The van der Waals surface area contributed by atoms with Crippen molar-refractivity contribution in [2.75, 3.05) is 72.7 Å². The Kier molecular flexibility index (Phi) is 9.54. The maximum atomic E-state index is 11.6. The Balaban J connectivity index is 1.37. The summed E-state index contributed by atoms with van der Waals surface area (Å²) in [7, 11) is 1.43. The third-order valence-corrected chi connectivity index (χ3v) is 6.22. The molecule has 1 unspecified atom stereocenters. The van der Waals surface area contributed by atoms with Crippen LogP contribution in [0.3, 0.4) is 0 Å². The molecule has 0 aliphatic carbocycles. The minimum Gasteiger partial charge on any atom is -0.491 e. The van der Waals surface area contributed by atoms with Gasteiger partial charge in [-0.25, -0.2) is 0 Å². The number of piperidine rings is 1. The second-order valence-corrected chi connectivity index (χ2v) is 8.55. The number of aliphatic hydroxyl groups excluding tert-OH is 2. The molecule has 0 amide bonds. The molecular formula is C23H37N3O5. The van der Waals surface area contributed by atoms with Crippen LogP contribution in [0.5, 0.6) is 5.75 Å². The van der Waals surface area contributed by atoms with Gasteiger partial charge in [0.05, 0.1) is 19.6 Å². The smallest absolute Gasteiger partial charge is 0.308 e. The number of methoxy groups -OCH3 is 1. The van der Waals surface area contributed by atoms with Crippen LogP contribution in [-0.4, -0.2) is 110 Å². The van der Waals surface area contributed by atoms with Gasteiger partial charge < -0.3 is 24.6 Å². The van der Waals surface area contributed by atoms with Gasteiger partial charge in [0, 0.05) is 45.8 Å². The molecule has 0 spiro atoms. The van der Waals surface area contributed by atoms with E-state index >= 15 is 0 Å². The van der Waals surface area contributed by atoms with E-state index in [1.54, 1.807) is 0 Å². The summed E-state index contributed by atoms with van der Waals surface area (Å²) < 4.78 is 10.7. The fourth-order valence-electron chi connectivity index (χ4n) is 4.37.